The van der Waals surface area contributed by atoms with E-state index < -0.39 is 9.84 Å². The summed E-state index contributed by atoms with van der Waals surface area (Å²) in [7, 11) is -3.55. The van der Waals surface area contributed by atoms with Crippen molar-refractivity contribution in [3.05, 3.63) is 47.4 Å². The minimum absolute atomic E-state index is 0.0359. The van der Waals surface area contributed by atoms with Gasteiger partial charge in [-0.05, 0) is 19.4 Å². The van der Waals surface area contributed by atoms with Crippen molar-refractivity contribution in [2.24, 2.45) is 0 Å². The number of aryl methyl sites for hydroxylation is 2. The Labute approximate surface area is 145 Å². The summed E-state index contributed by atoms with van der Waals surface area (Å²) in [5, 5.41) is 7.54. The lowest BCUT2D eigenvalue weighted by Crippen LogP contribution is -2.09. The summed E-state index contributed by atoms with van der Waals surface area (Å²) in [5.74, 6) is 0.271. The summed E-state index contributed by atoms with van der Waals surface area (Å²) in [6, 6.07) is 7.57. The van der Waals surface area contributed by atoms with Crippen molar-refractivity contribution in [3.63, 3.8) is 0 Å². The molecule has 0 N–H and O–H groups in total. The molecule has 8 nitrogen and oxygen atoms in total. The molecule has 9 heteroatoms. The highest BCUT2D eigenvalue weighted by Crippen LogP contribution is 2.18. The predicted molar refractivity (Wildman–Crippen MR) is 89.1 cm³/mol. The van der Waals surface area contributed by atoms with E-state index in [1.54, 1.807) is 0 Å². The van der Waals surface area contributed by atoms with E-state index in [9.17, 15) is 8.42 Å². The molecule has 0 saturated carbocycles. The lowest BCUT2D eigenvalue weighted by Gasteiger charge is -1.97. The lowest BCUT2D eigenvalue weighted by atomic mass is 10.1. The minimum atomic E-state index is -3.55. The second-order valence-corrected chi connectivity index (χ2v) is 7.83. The van der Waals surface area contributed by atoms with Crippen LogP contribution in [-0.2, 0) is 27.8 Å². The largest absolute Gasteiger partial charge is 0.339 e. The number of nitrogens with zero attached hydrogens (tertiary/aromatic N) is 4. The zero-order valence-electron chi connectivity index (χ0n) is 14.0. The molecule has 0 aliphatic carbocycles. The van der Waals surface area contributed by atoms with Gasteiger partial charge in [-0.3, -0.25) is 0 Å². The third kappa shape index (κ3) is 4.50. The standard InChI is InChI=1S/C16H18N4O4S/c1-3-5-14-17-13(19-23-14)9-25(21,22)10-15-18-16(20-24-15)12-7-4-6-11(2)8-12/h4,6-8H,3,5,9-10H2,1-2H3. The van der Waals surface area contributed by atoms with Crippen LogP contribution in [0.4, 0.5) is 0 Å². The number of hydrogen-bond donors (Lipinski definition) is 0. The summed E-state index contributed by atoms with van der Waals surface area (Å²) in [6.45, 7) is 3.93. The van der Waals surface area contributed by atoms with Gasteiger partial charge in [0.05, 0.1) is 0 Å². The molecule has 3 aromatic rings. The molecule has 25 heavy (non-hydrogen) atoms. The van der Waals surface area contributed by atoms with Crippen LogP contribution in [0, 0.1) is 6.92 Å². The molecule has 1 aromatic carbocycles. The molecular weight excluding hydrogens is 344 g/mol. The van der Waals surface area contributed by atoms with Gasteiger partial charge >= 0.3 is 0 Å². The quantitative estimate of drug-likeness (QED) is 0.630. The van der Waals surface area contributed by atoms with Crippen LogP contribution >= 0.6 is 0 Å². The average Bonchev–Trinajstić information content (AvgIpc) is 3.16. The molecule has 0 spiro atoms. The lowest BCUT2D eigenvalue weighted by molar-refractivity contribution is 0.373. The van der Waals surface area contributed by atoms with Crippen LogP contribution in [0.5, 0.6) is 0 Å². The SMILES string of the molecule is CCCc1nc(CS(=O)(=O)Cc2nc(-c3cccc(C)c3)no2)no1. The Morgan fingerprint density at radius 2 is 1.84 bits per heavy atom. The molecule has 3 rings (SSSR count). The van der Waals surface area contributed by atoms with Gasteiger partial charge in [0.15, 0.2) is 15.7 Å². The third-order valence-electron chi connectivity index (χ3n) is 3.41. The molecule has 132 valence electrons. The van der Waals surface area contributed by atoms with Crippen LogP contribution in [0.1, 0.15) is 36.5 Å². The Balaban J connectivity index is 1.70. The van der Waals surface area contributed by atoms with E-state index >= 15 is 0 Å². The van der Waals surface area contributed by atoms with E-state index in [0.717, 1.165) is 17.5 Å². The fraction of sp³-hybridized carbons (Fsp3) is 0.375. The highest BCUT2D eigenvalue weighted by Gasteiger charge is 2.21. The van der Waals surface area contributed by atoms with Gasteiger partial charge in [-0.1, -0.05) is 41.0 Å². The van der Waals surface area contributed by atoms with Gasteiger partial charge in [0.1, 0.15) is 11.5 Å². The number of hydrogen-bond acceptors (Lipinski definition) is 8. The van der Waals surface area contributed by atoms with E-state index in [-0.39, 0.29) is 23.2 Å². The van der Waals surface area contributed by atoms with Crippen LogP contribution in [0.15, 0.2) is 33.3 Å². The average molecular weight is 362 g/mol. The van der Waals surface area contributed by atoms with E-state index in [1.807, 2.05) is 38.1 Å². The van der Waals surface area contributed by atoms with E-state index in [2.05, 4.69) is 20.3 Å². The van der Waals surface area contributed by atoms with Gasteiger partial charge in [-0.15, -0.1) is 0 Å². The molecule has 0 amide bonds. The topological polar surface area (TPSA) is 112 Å². The molecule has 0 radical (unpaired) electrons. The van der Waals surface area contributed by atoms with Crippen molar-refractivity contribution in [2.75, 3.05) is 0 Å². The number of rotatable bonds is 7. The Bertz CT molecular complexity index is 962. The first kappa shape index (κ1) is 17.3. The van der Waals surface area contributed by atoms with Crippen LogP contribution in [0.25, 0.3) is 11.4 Å². The van der Waals surface area contributed by atoms with Gasteiger partial charge in [-0.25, -0.2) is 8.42 Å². The Hall–Kier alpha value is -2.55. The van der Waals surface area contributed by atoms with Crippen LogP contribution in [-0.4, -0.2) is 28.7 Å². The van der Waals surface area contributed by atoms with Crippen LogP contribution in [0.2, 0.25) is 0 Å². The van der Waals surface area contributed by atoms with Crippen molar-refractivity contribution in [1.29, 1.82) is 0 Å². The third-order valence-corrected chi connectivity index (χ3v) is 4.80. The highest BCUT2D eigenvalue weighted by molar-refractivity contribution is 7.89. The maximum Gasteiger partial charge on any atom is 0.242 e. The van der Waals surface area contributed by atoms with Gasteiger partial charge in [0.25, 0.3) is 0 Å². The number of sulfone groups is 1. The molecule has 0 saturated heterocycles. The number of aromatic nitrogens is 4. The maximum absolute atomic E-state index is 12.3. The Kier molecular flexibility index (Phi) is 4.93. The van der Waals surface area contributed by atoms with Gasteiger partial charge in [-0.2, -0.15) is 9.97 Å². The first-order valence-corrected chi connectivity index (χ1v) is 9.69. The maximum atomic E-state index is 12.3. The smallest absolute Gasteiger partial charge is 0.242 e. The van der Waals surface area contributed by atoms with Crippen molar-refractivity contribution >= 4 is 9.84 Å². The summed E-state index contributed by atoms with van der Waals surface area (Å²) in [5.41, 5.74) is 1.83. The molecule has 0 aliphatic rings. The second-order valence-electron chi connectivity index (χ2n) is 5.77. The van der Waals surface area contributed by atoms with E-state index in [0.29, 0.717) is 18.1 Å². The molecule has 0 atom stereocenters. The minimum Gasteiger partial charge on any atom is -0.339 e. The van der Waals surface area contributed by atoms with Crippen molar-refractivity contribution in [1.82, 2.24) is 20.3 Å². The van der Waals surface area contributed by atoms with Crippen molar-refractivity contribution in [3.8, 4) is 11.4 Å². The number of benzene rings is 1. The molecule has 2 aromatic heterocycles. The van der Waals surface area contributed by atoms with Gasteiger partial charge in [0, 0.05) is 12.0 Å². The van der Waals surface area contributed by atoms with Gasteiger partial charge in [0.2, 0.25) is 17.6 Å². The Morgan fingerprint density at radius 1 is 1.04 bits per heavy atom. The summed E-state index contributed by atoms with van der Waals surface area (Å²) in [6.07, 6.45) is 1.47. The van der Waals surface area contributed by atoms with Gasteiger partial charge < -0.3 is 9.05 Å². The summed E-state index contributed by atoms with van der Waals surface area (Å²) in [4.78, 5) is 8.23. The molecule has 0 bridgehead atoms. The fourth-order valence-electron chi connectivity index (χ4n) is 2.31. The fourth-order valence-corrected chi connectivity index (χ4v) is 3.42. The van der Waals surface area contributed by atoms with E-state index in [1.165, 1.54) is 0 Å². The van der Waals surface area contributed by atoms with Crippen LogP contribution in [0.3, 0.4) is 0 Å². The molecule has 2 heterocycles. The first-order chi connectivity index (χ1) is 11.9. The van der Waals surface area contributed by atoms with Crippen LogP contribution < -0.4 is 0 Å². The zero-order chi connectivity index (χ0) is 17.9. The summed E-state index contributed by atoms with van der Waals surface area (Å²) < 4.78 is 34.6. The molecule has 0 aliphatic heterocycles. The second kappa shape index (κ2) is 7.14. The zero-order valence-corrected chi connectivity index (χ0v) is 14.8. The van der Waals surface area contributed by atoms with E-state index in [4.69, 9.17) is 9.05 Å². The van der Waals surface area contributed by atoms with Crippen molar-refractivity contribution < 1.29 is 17.5 Å². The first-order valence-electron chi connectivity index (χ1n) is 7.86. The normalized spacial score (nSPS) is 11.8. The summed E-state index contributed by atoms with van der Waals surface area (Å²) >= 11 is 0. The monoisotopic (exact) mass is 362 g/mol. The highest BCUT2D eigenvalue weighted by atomic mass is 32.2. The molecule has 0 unspecified atom stereocenters. The predicted octanol–water partition coefficient (Wildman–Crippen LogP) is 2.50. The molecule has 0 fully saturated rings. The molecular formula is C16H18N4O4S. The van der Waals surface area contributed by atoms with Crippen molar-refractivity contribution in [2.45, 2.75) is 38.2 Å². The Morgan fingerprint density at radius 3 is 2.60 bits per heavy atom.